The lowest BCUT2D eigenvalue weighted by Crippen LogP contribution is -1.91. The molecule has 0 aromatic carbocycles. The maximum Gasteiger partial charge on any atom is 0.300 e. The Morgan fingerprint density at radius 3 is 2.33 bits per heavy atom. The molecule has 1 rings (SSSR count). The third-order valence-electron chi connectivity index (χ3n) is 1.30. The molecule has 0 aromatic rings. The van der Waals surface area contributed by atoms with Gasteiger partial charge < -0.3 is 10.2 Å². The molecule has 1 aliphatic rings. The van der Waals surface area contributed by atoms with E-state index in [2.05, 4.69) is 6.58 Å². The second-order valence-corrected chi connectivity index (χ2v) is 2.67. The Morgan fingerprint density at radius 1 is 1.58 bits per heavy atom. The normalized spacial score (nSPS) is 15.8. The van der Waals surface area contributed by atoms with Crippen molar-refractivity contribution in [1.29, 1.82) is 0 Å². The molecule has 0 spiro atoms. The minimum atomic E-state index is -0.833. The molecule has 0 fully saturated rings. The van der Waals surface area contributed by atoms with Crippen molar-refractivity contribution in [2.75, 3.05) is 0 Å². The monoisotopic (exact) mass is 170 g/mol. The zero-order valence-electron chi connectivity index (χ0n) is 7.21. The molecule has 0 unspecified atom stereocenters. The molecular formula is C9H14O3. The van der Waals surface area contributed by atoms with Crippen LogP contribution in [0, 0.1) is 0 Å². The first-order chi connectivity index (χ1) is 5.52. The second kappa shape index (κ2) is 5.41. The number of carboxylic acids is 1. The highest BCUT2D eigenvalue weighted by Gasteiger charge is 2.01. The minimum Gasteiger partial charge on any atom is -0.512 e. The maximum absolute atomic E-state index is 9.00. The fraction of sp³-hybridized carbons (Fsp3) is 0.444. The highest BCUT2D eigenvalue weighted by atomic mass is 16.4. The summed E-state index contributed by atoms with van der Waals surface area (Å²) in [5.74, 6) is -0.346. The average molecular weight is 170 g/mol. The van der Waals surface area contributed by atoms with Crippen molar-refractivity contribution in [2.45, 2.75) is 26.2 Å². The Morgan fingerprint density at radius 2 is 2.08 bits per heavy atom. The number of rotatable bonds is 0. The summed E-state index contributed by atoms with van der Waals surface area (Å²) < 4.78 is 0. The standard InChI is InChI=1S/C7H10O.C2H4O2/c1-6-3-2-4-7(8)5-6;1-2(3)4/h5,8H,1-4H2;1H3,(H,3,4). The molecular weight excluding hydrogens is 156 g/mol. The Kier molecular flexibility index (Phi) is 4.84. The largest absolute Gasteiger partial charge is 0.512 e. The van der Waals surface area contributed by atoms with Gasteiger partial charge in [0.05, 0.1) is 5.76 Å². The van der Waals surface area contributed by atoms with Crippen LogP contribution in [-0.2, 0) is 4.79 Å². The Balaban J connectivity index is 0.000000261. The molecule has 2 N–H and O–H groups in total. The summed E-state index contributed by atoms with van der Waals surface area (Å²) >= 11 is 0. The van der Waals surface area contributed by atoms with E-state index in [4.69, 9.17) is 15.0 Å². The summed E-state index contributed by atoms with van der Waals surface area (Å²) in [6.07, 6.45) is 4.69. The van der Waals surface area contributed by atoms with Crippen LogP contribution in [0.15, 0.2) is 24.0 Å². The van der Waals surface area contributed by atoms with Crippen LogP contribution in [0.1, 0.15) is 26.2 Å². The van der Waals surface area contributed by atoms with Crippen LogP contribution in [0.5, 0.6) is 0 Å². The van der Waals surface area contributed by atoms with E-state index in [0.29, 0.717) is 5.76 Å². The molecule has 3 nitrogen and oxygen atoms in total. The van der Waals surface area contributed by atoms with Gasteiger partial charge in [0.15, 0.2) is 0 Å². The average Bonchev–Trinajstić information content (AvgIpc) is 1.84. The molecule has 68 valence electrons. The summed E-state index contributed by atoms with van der Waals surface area (Å²) in [6.45, 7) is 4.81. The van der Waals surface area contributed by atoms with E-state index >= 15 is 0 Å². The topological polar surface area (TPSA) is 57.5 Å². The molecule has 0 bridgehead atoms. The summed E-state index contributed by atoms with van der Waals surface area (Å²) in [6, 6.07) is 0. The molecule has 0 atom stereocenters. The van der Waals surface area contributed by atoms with Gasteiger partial charge >= 0.3 is 0 Å². The first-order valence-electron chi connectivity index (χ1n) is 3.79. The van der Waals surface area contributed by atoms with Gasteiger partial charge in [0.25, 0.3) is 5.97 Å². The smallest absolute Gasteiger partial charge is 0.300 e. The quantitative estimate of drug-likeness (QED) is 0.586. The van der Waals surface area contributed by atoms with Gasteiger partial charge in [0.1, 0.15) is 0 Å². The Bertz CT molecular complexity index is 200. The molecule has 0 heterocycles. The van der Waals surface area contributed by atoms with Crippen molar-refractivity contribution < 1.29 is 15.0 Å². The fourth-order valence-corrected chi connectivity index (χ4v) is 0.877. The van der Waals surface area contributed by atoms with Crippen molar-refractivity contribution in [3.63, 3.8) is 0 Å². The summed E-state index contributed by atoms with van der Waals surface area (Å²) in [7, 11) is 0. The van der Waals surface area contributed by atoms with Crippen molar-refractivity contribution in [1.82, 2.24) is 0 Å². The molecule has 0 aliphatic heterocycles. The van der Waals surface area contributed by atoms with Crippen LogP contribution in [0.4, 0.5) is 0 Å². The molecule has 0 aromatic heterocycles. The minimum absolute atomic E-state index is 0.487. The predicted octanol–water partition coefficient (Wildman–Crippen LogP) is 2.26. The number of aliphatic hydroxyl groups is 1. The van der Waals surface area contributed by atoms with Gasteiger partial charge in [-0.25, -0.2) is 0 Å². The third-order valence-corrected chi connectivity index (χ3v) is 1.30. The van der Waals surface area contributed by atoms with E-state index in [9.17, 15) is 0 Å². The lowest BCUT2D eigenvalue weighted by molar-refractivity contribution is -0.134. The van der Waals surface area contributed by atoms with Crippen molar-refractivity contribution in [2.24, 2.45) is 0 Å². The zero-order valence-corrected chi connectivity index (χ0v) is 7.21. The molecule has 1 aliphatic carbocycles. The van der Waals surface area contributed by atoms with E-state index in [1.54, 1.807) is 6.08 Å². The van der Waals surface area contributed by atoms with Crippen molar-refractivity contribution in [3.05, 3.63) is 24.0 Å². The van der Waals surface area contributed by atoms with Crippen LogP contribution in [0.25, 0.3) is 0 Å². The molecule has 3 heteroatoms. The molecule has 12 heavy (non-hydrogen) atoms. The second-order valence-electron chi connectivity index (χ2n) is 2.67. The molecule has 0 radical (unpaired) electrons. The first-order valence-corrected chi connectivity index (χ1v) is 3.79. The van der Waals surface area contributed by atoms with Crippen LogP contribution in [-0.4, -0.2) is 16.2 Å². The number of aliphatic carboxylic acids is 1. The van der Waals surface area contributed by atoms with Gasteiger partial charge in [-0.2, -0.15) is 0 Å². The van der Waals surface area contributed by atoms with E-state index in [1.807, 2.05) is 0 Å². The van der Waals surface area contributed by atoms with Gasteiger partial charge in [-0.15, -0.1) is 0 Å². The lowest BCUT2D eigenvalue weighted by Gasteiger charge is -2.07. The van der Waals surface area contributed by atoms with Gasteiger partial charge in [0, 0.05) is 13.3 Å². The number of carboxylic acid groups (broad SMARTS) is 1. The lowest BCUT2D eigenvalue weighted by atomic mass is 10.0. The van der Waals surface area contributed by atoms with Gasteiger partial charge in [-0.1, -0.05) is 12.2 Å². The van der Waals surface area contributed by atoms with Gasteiger partial charge in [-0.3, -0.25) is 4.79 Å². The van der Waals surface area contributed by atoms with E-state index in [1.165, 1.54) is 0 Å². The SMILES string of the molecule is C=C1C=C(O)CCC1.CC(=O)O. The predicted molar refractivity (Wildman–Crippen MR) is 47.0 cm³/mol. The molecule has 0 saturated heterocycles. The summed E-state index contributed by atoms with van der Waals surface area (Å²) in [5, 5.41) is 16.3. The molecule has 0 saturated carbocycles. The number of aliphatic hydroxyl groups excluding tert-OH is 1. The van der Waals surface area contributed by atoms with Crippen LogP contribution in [0.3, 0.4) is 0 Å². The Hall–Kier alpha value is -1.25. The Labute approximate surface area is 72.0 Å². The number of allylic oxidation sites excluding steroid dienone is 3. The van der Waals surface area contributed by atoms with Crippen LogP contribution in [0.2, 0.25) is 0 Å². The van der Waals surface area contributed by atoms with Crippen LogP contribution >= 0.6 is 0 Å². The molecule has 0 amide bonds. The maximum atomic E-state index is 9.00. The van der Waals surface area contributed by atoms with Crippen molar-refractivity contribution in [3.8, 4) is 0 Å². The van der Waals surface area contributed by atoms with E-state index in [0.717, 1.165) is 31.8 Å². The van der Waals surface area contributed by atoms with Crippen molar-refractivity contribution >= 4 is 5.97 Å². The van der Waals surface area contributed by atoms with Gasteiger partial charge in [-0.05, 0) is 18.9 Å². The van der Waals surface area contributed by atoms with Gasteiger partial charge in [0.2, 0.25) is 0 Å². The first kappa shape index (κ1) is 10.8. The van der Waals surface area contributed by atoms with Crippen LogP contribution < -0.4 is 0 Å². The number of carbonyl (C=O) groups is 1. The highest BCUT2D eigenvalue weighted by molar-refractivity contribution is 5.62. The summed E-state index contributed by atoms with van der Waals surface area (Å²) in [5.41, 5.74) is 1.05. The fourth-order valence-electron chi connectivity index (χ4n) is 0.877. The zero-order chi connectivity index (χ0) is 9.56. The number of hydrogen-bond donors (Lipinski definition) is 2. The van der Waals surface area contributed by atoms with E-state index in [-0.39, 0.29) is 0 Å². The van der Waals surface area contributed by atoms with E-state index < -0.39 is 5.97 Å². The summed E-state index contributed by atoms with van der Waals surface area (Å²) in [4.78, 5) is 9.00. The third kappa shape index (κ3) is 6.86. The number of hydrogen-bond acceptors (Lipinski definition) is 2. The highest BCUT2D eigenvalue weighted by Crippen LogP contribution is 2.17.